The third-order valence-corrected chi connectivity index (χ3v) is 5.80. The maximum atomic E-state index is 12.4. The van der Waals surface area contributed by atoms with Gasteiger partial charge < -0.3 is 5.73 Å². The van der Waals surface area contributed by atoms with Crippen LogP contribution in [-0.2, 0) is 10.0 Å². The van der Waals surface area contributed by atoms with Gasteiger partial charge in [0.2, 0.25) is 10.0 Å². The fourth-order valence-electron chi connectivity index (χ4n) is 2.70. The third kappa shape index (κ3) is 4.39. The van der Waals surface area contributed by atoms with E-state index in [0.717, 1.165) is 25.7 Å². The van der Waals surface area contributed by atoms with Gasteiger partial charge in [-0.05, 0) is 43.0 Å². The molecule has 0 aromatic heterocycles. The van der Waals surface area contributed by atoms with Crippen molar-refractivity contribution in [1.82, 2.24) is 4.72 Å². The highest BCUT2D eigenvalue weighted by Gasteiger charge is 2.30. The average Bonchev–Trinajstić information content (AvgIpc) is 2.46. The van der Waals surface area contributed by atoms with E-state index in [2.05, 4.69) is 4.72 Å². The van der Waals surface area contributed by atoms with Gasteiger partial charge in [-0.25, -0.2) is 13.1 Å². The lowest BCUT2D eigenvalue weighted by Gasteiger charge is -2.30. The number of nitrogens with two attached hydrogens (primary N) is 1. The molecular weight excluding hydrogens is 328 g/mol. The second-order valence-electron chi connectivity index (χ2n) is 5.35. The zero-order valence-corrected chi connectivity index (χ0v) is 14.0. The van der Waals surface area contributed by atoms with Crippen molar-refractivity contribution in [2.45, 2.75) is 43.0 Å². The molecule has 0 heterocycles. The highest BCUT2D eigenvalue weighted by atomic mass is 35.5. The van der Waals surface area contributed by atoms with E-state index in [-0.39, 0.29) is 15.8 Å². The first-order chi connectivity index (χ1) is 9.90. The SMILES string of the molecule is NC(=S)C(NS(=O)(=O)c1ccc(Cl)cc1)C1CCCCC1. The molecule has 1 saturated carbocycles. The van der Waals surface area contributed by atoms with Gasteiger partial charge in [-0.3, -0.25) is 0 Å². The molecule has 0 amide bonds. The highest BCUT2D eigenvalue weighted by molar-refractivity contribution is 7.89. The van der Waals surface area contributed by atoms with Crippen molar-refractivity contribution in [3.63, 3.8) is 0 Å². The van der Waals surface area contributed by atoms with Crippen molar-refractivity contribution in [2.24, 2.45) is 11.7 Å². The summed E-state index contributed by atoms with van der Waals surface area (Å²) in [5.41, 5.74) is 5.76. The molecule has 1 unspecified atom stereocenters. The number of nitrogens with one attached hydrogen (secondary N) is 1. The first-order valence-electron chi connectivity index (χ1n) is 6.97. The minimum absolute atomic E-state index is 0.170. The van der Waals surface area contributed by atoms with Crippen molar-refractivity contribution in [1.29, 1.82) is 0 Å². The van der Waals surface area contributed by atoms with Gasteiger partial charge >= 0.3 is 0 Å². The van der Waals surface area contributed by atoms with Crippen LogP contribution in [0.15, 0.2) is 29.2 Å². The fraction of sp³-hybridized carbons (Fsp3) is 0.500. The zero-order valence-electron chi connectivity index (χ0n) is 11.6. The average molecular weight is 347 g/mol. The Morgan fingerprint density at radius 1 is 1.24 bits per heavy atom. The molecule has 1 aliphatic carbocycles. The quantitative estimate of drug-likeness (QED) is 0.804. The van der Waals surface area contributed by atoms with Crippen LogP contribution in [0.25, 0.3) is 0 Å². The lowest BCUT2D eigenvalue weighted by atomic mass is 9.84. The zero-order chi connectivity index (χ0) is 15.5. The number of thiocarbonyl (C=S) groups is 1. The van der Waals surface area contributed by atoms with Crippen LogP contribution >= 0.6 is 23.8 Å². The molecule has 21 heavy (non-hydrogen) atoms. The molecule has 0 aliphatic heterocycles. The third-order valence-electron chi connectivity index (χ3n) is 3.83. The van der Waals surface area contributed by atoms with E-state index in [1.54, 1.807) is 12.1 Å². The summed E-state index contributed by atoms with van der Waals surface area (Å²) in [6.07, 6.45) is 5.26. The molecule has 2 rings (SSSR count). The summed E-state index contributed by atoms with van der Waals surface area (Å²) in [5.74, 6) is 0.179. The summed E-state index contributed by atoms with van der Waals surface area (Å²) < 4.78 is 27.5. The van der Waals surface area contributed by atoms with Gasteiger partial charge in [0.25, 0.3) is 0 Å². The predicted octanol–water partition coefficient (Wildman–Crippen LogP) is 2.85. The Balaban J connectivity index is 2.18. The summed E-state index contributed by atoms with van der Waals surface area (Å²) in [4.78, 5) is 0.378. The van der Waals surface area contributed by atoms with Crippen molar-refractivity contribution in [3.8, 4) is 0 Å². The van der Waals surface area contributed by atoms with Gasteiger partial charge in [0.1, 0.15) is 0 Å². The minimum Gasteiger partial charge on any atom is -0.392 e. The van der Waals surface area contributed by atoms with E-state index in [0.29, 0.717) is 5.02 Å². The lowest BCUT2D eigenvalue weighted by molar-refractivity contribution is 0.330. The summed E-state index contributed by atoms with van der Waals surface area (Å²) in [6, 6.07) is 5.56. The van der Waals surface area contributed by atoms with Crippen LogP contribution in [0.3, 0.4) is 0 Å². The van der Waals surface area contributed by atoms with E-state index in [4.69, 9.17) is 29.6 Å². The molecule has 3 N–H and O–H groups in total. The molecule has 4 nitrogen and oxygen atoms in total. The summed E-state index contributed by atoms with van der Waals surface area (Å²) in [6.45, 7) is 0. The smallest absolute Gasteiger partial charge is 0.241 e. The van der Waals surface area contributed by atoms with Crippen molar-refractivity contribution in [3.05, 3.63) is 29.3 Å². The van der Waals surface area contributed by atoms with Crippen LogP contribution in [0.2, 0.25) is 5.02 Å². The molecule has 7 heteroatoms. The van der Waals surface area contributed by atoms with Crippen LogP contribution in [0.5, 0.6) is 0 Å². The molecule has 0 spiro atoms. The lowest BCUT2D eigenvalue weighted by Crippen LogP contribution is -2.48. The van der Waals surface area contributed by atoms with Crippen LogP contribution < -0.4 is 10.5 Å². The number of sulfonamides is 1. The molecule has 1 atom stereocenters. The first kappa shape index (κ1) is 16.7. The Morgan fingerprint density at radius 3 is 2.33 bits per heavy atom. The van der Waals surface area contributed by atoms with Crippen molar-refractivity contribution in [2.75, 3.05) is 0 Å². The van der Waals surface area contributed by atoms with E-state index in [1.165, 1.54) is 18.6 Å². The predicted molar refractivity (Wildman–Crippen MR) is 88.9 cm³/mol. The Kier molecular flexibility index (Phi) is 5.60. The van der Waals surface area contributed by atoms with Crippen LogP contribution in [0.1, 0.15) is 32.1 Å². The molecule has 0 radical (unpaired) electrons. The molecule has 1 fully saturated rings. The van der Waals surface area contributed by atoms with Crippen molar-refractivity contribution >= 4 is 38.8 Å². The number of rotatable bonds is 5. The summed E-state index contributed by atoms with van der Waals surface area (Å²) >= 11 is 10.8. The van der Waals surface area contributed by atoms with Gasteiger partial charge in [0.05, 0.1) is 15.9 Å². The Labute approximate surface area is 136 Å². The van der Waals surface area contributed by atoms with E-state index in [9.17, 15) is 8.42 Å². The molecule has 1 aliphatic rings. The number of hydrogen-bond acceptors (Lipinski definition) is 3. The molecule has 1 aromatic rings. The molecule has 0 saturated heterocycles. The molecule has 1 aromatic carbocycles. The van der Waals surface area contributed by atoms with Crippen LogP contribution in [-0.4, -0.2) is 19.4 Å². The molecule has 0 bridgehead atoms. The number of halogens is 1. The van der Waals surface area contributed by atoms with Crippen LogP contribution in [0, 0.1) is 5.92 Å². The second-order valence-corrected chi connectivity index (χ2v) is 7.98. The normalized spacial score (nSPS) is 18.3. The van der Waals surface area contributed by atoms with Crippen LogP contribution in [0.4, 0.5) is 0 Å². The second kappa shape index (κ2) is 7.05. The van der Waals surface area contributed by atoms with E-state index in [1.807, 2.05) is 0 Å². The van der Waals surface area contributed by atoms with Gasteiger partial charge in [-0.15, -0.1) is 0 Å². The summed E-state index contributed by atoms with van der Waals surface area (Å²) in [5, 5.41) is 0.493. The van der Waals surface area contributed by atoms with E-state index < -0.39 is 16.1 Å². The Morgan fingerprint density at radius 2 is 1.81 bits per heavy atom. The topological polar surface area (TPSA) is 72.2 Å². The van der Waals surface area contributed by atoms with Crippen molar-refractivity contribution < 1.29 is 8.42 Å². The largest absolute Gasteiger partial charge is 0.392 e. The van der Waals surface area contributed by atoms with E-state index >= 15 is 0 Å². The summed E-state index contributed by atoms with van der Waals surface area (Å²) in [7, 11) is -3.65. The van der Waals surface area contributed by atoms with Gasteiger partial charge in [-0.2, -0.15) is 0 Å². The molecular formula is C14H19ClN2O2S2. The van der Waals surface area contributed by atoms with Gasteiger partial charge in [-0.1, -0.05) is 43.1 Å². The highest BCUT2D eigenvalue weighted by Crippen LogP contribution is 2.27. The maximum Gasteiger partial charge on any atom is 0.241 e. The maximum absolute atomic E-state index is 12.4. The monoisotopic (exact) mass is 346 g/mol. The minimum atomic E-state index is -3.65. The number of hydrogen-bond donors (Lipinski definition) is 2. The standard InChI is InChI=1S/C14H19ClN2O2S2/c15-11-6-8-12(9-7-11)21(18,19)17-13(14(16)20)10-4-2-1-3-5-10/h6-10,13,17H,1-5H2,(H2,16,20). The van der Waals surface area contributed by atoms with Gasteiger partial charge in [0, 0.05) is 5.02 Å². The first-order valence-corrected chi connectivity index (χ1v) is 9.24. The Hall–Kier alpha value is -0.690. The van der Waals surface area contributed by atoms with Gasteiger partial charge in [0.15, 0.2) is 0 Å². The number of benzene rings is 1. The fourth-order valence-corrected chi connectivity index (χ4v) is 4.44. The Bertz CT molecular complexity index is 596. The molecule has 116 valence electrons.